The first kappa shape index (κ1) is 14.0. The third-order valence-corrected chi connectivity index (χ3v) is 6.27. The highest BCUT2D eigenvalue weighted by Gasteiger charge is 2.19. The lowest BCUT2D eigenvalue weighted by Gasteiger charge is -2.04. The van der Waals surface area contributed by atoms with Gasteiger partial charge in [0.15, 0.2) is 5.01 Å². The van der Waals surface area contributed by atoms with E-state index in [9.17, 15) is 0 Å². The zero-order valence-corrected chi connectivity index (χ0v) is 13.7. The monoisotopic (exact) mass is 340 g/mol. The summed E-state index contributed by atoms with van der Waals surface area (Å²) in [6.07, 6.45) is 0. The number of aromatic nitrogens is 2. The van der Waals surface area contributed by atoms with Gasteiger partial charge < -0.3 is 0 Å². The Bertz CT molecular complexity index is 722. The second-order valence-corrected chi connectivity index (χ2v) is 6.98. The average Bonchev–Trinajstić information content (AvgIpc) is 3.08. The van der Waals surface area contributed by atoms with E-state index >= 15 is 0 Å². The van der Waals surface area contributed by atoms with Gasteiger partial charge >= 0.3 is 0 Å². The number of benzene rings is 1. The van der Waals surface area contributed by atoms with Crippen molar-refractivity contribution in [3.05, 3.63) is 56.9 Å². The second-order valence-electron chi connectivity index (χ2n) is 4.28. The van der Waals surface area contributed by atoms with E-state index in [1.165, 1.54) is 11.3 Å². The van der Waals surface area contributed by atoms with E-state index in [0.29, 0.717) is 0 Å². The molecule has 3 rings (SSSR count). The molecule has 0 saturated heterocycles. The van der Waals surface area contributed by atoms with Crippen LogP contribution in [0.2, 0.25) is 5.02 Å². The predicted octanol–water partition coefficient (Wildman–Crippen LogP) is 5.56. The minimum Gasteiger partial charge on any atom is -0.141 e. The molecule has 0 amide bonds. The van der Waals surface area contributed by atoms with Gasteiger partial charge in [0.25, 0.3) is 0 Å². The smallest absolute Gasteiger partial charge is 0.141 e. The van der Waals surface area contributed by atoms with Gasteiger partial charge in [-0.2, -0.15) is 0 Å². The molecule has 0 aliphatic heterocycles. The van der Waals surface area contributed by atoms with Gasteiger partial charge in [-0.3, -0.25) is 0 Å². The quantitative estimate of drug-likeness (QED) is 0.583. The van der Waals surface area contributed by atoms with Crippen molar-refractivity contribution in [3.8, 4) is 9.88 Å². The fourth-order valence-electron chi connectivity index (χ4n) is 1.77. The van der Waals surface area contributed by atoms with E-state index in [2.05, 4.69) is 10.2 Å². The van der Waals surface area contributed by atoms with Crippen molar-refractivity contribution in [2.45, 2.75) is 12.3 Å². The normalized spacial score (nSPS) is 12.6. The molecule has 0 saturated carbocycles. The lowest BCUT2D eigenvalue weighted by molar-refractivity contribution is 0.989. The third-order valence-electron chi connectivity index (χ3n) is 2.84. The van der Waals surface area contributed by atoms with Crippen LogP contribution in [-0.2, 0) is 0 Å². The Morgan fingerprint density at radius 2 is 1.90 bits per heavy atom. The number of aryl methyl sites for hydroxylation is 1. The van der Waals surface area contributed by atoms with Crippen LogP contribution >= 0.6 is 45.9 Å². The van der Waals surface area contributed by atoms with Crippen molar-refractivity contribution in [1.29, 1.82) is 0 Å². The van der Waals surface area contributed by atoms with Gasteiger partial charge in [-0.25, -0.2) is 0 Å². The minimum absolute atomic E-state index is 0.276. The molecule has 3 aromatic rings. The van der Waals surface area contributed by atoms with Crippen molar-refractivity contribution >= 4 is 45.9 Å². The number of halogens is 2. The van der Waals surface area contributed by atoms with Crippen LogP contribution in [0.1, 0.15) is 21.5 Å². The summed E-state index contributed by atoms with van der Waals surface area (Å²) >= 11 is 15.8. The van der Waals surface area contributed by atoms with Crippen LogP contribution < -0.4 is 0 Å². The highest BCUT2D eigenvalue weighted by Crippen LogP contribution is 2.40. The summed E-state index contributed by atoms with van der Waals surface area (Å²) < 4.78 is 0. The molecule has 1 aromatic carbocycles. The molecule has 2 aromatic heterocycles. The van der Waals surface area contributed by atoms with Crippen molar-refractivity contribution in [3.63, 3.8) is 0 Å². The van der Waals surface area contributed by atoms with Crippen LogP contribution in [0.5, 0.6) is 0 Å². The topological polar surface area (TPSA) is 25.8 Å². The molecule has 0 radical (unpaired) electrons. The highest BCUT2D eigenvalue weighted by molar-refractivity contribution is 7.21. The van der Waals surface area contributed by atoms with Gasteiger partial charge in [-0.15, -0.1) is 33.1 Å². The maximum Gasteiger partial charge on any atom is 0.159 e. The van der Waals surface area contributed by atoms with Crippen LogP contribution in [0.3, 0.4) is 0 Å². The molecule has 102 valence electrons. The average molecular weight is 341 g/mol. The van der Waals surface area contributed by atoms with E-state index < -0.39 is 0 Å². The van der Waals surface area contributed by atoms with Gasteiger partial charge in [0, 0.05) is 0 Å². The van der Waals surface area contributed by atoms with Crippen LogP contribution in [0.25, 0.3) is 9.88 Å². The van der Waals surface area contributed by atoms with Crippen molar-refractivity contribution in [2.75, 3.05) is 0 Å². The first-order chi connectivity index (χ1) is 9.66. The second kappa shape index (κ2) is 5.82. The molecule has 2 nitrogen and oxygen atoms in total. The molecule has 1 unspecified atom stereocenters. The fraction of sp³-hybridized carbons (Fsp3) is 0.143. The van der Waals surface area contributed by atoms with Crippen molar-refractivity contribution in [2.24, 2.45) is 0 Å². The van der Waals surface area contributed by atoms with E-state index in [4.69, 9.17) is 23.2 Å². The number of hydrogen-bond acceptors (Lipinski definition) is 4. The Kier molecular flexibility index (Phi) is 4.08. The van der Waals surface area contributed by atoms with Crippen LogP contribution in [-0.4, -0.2) is 10.2 Å². The molecule has 0 aliphatic carbocycles. The predicted molar refractivity (Wildman–Crippen MR) is 87.1 cm³/mol. The van der Waals surface area contributed by atoms with Gasteiger partial charge in [-0.1, -0.05) is 53.3 Å². The highest BCUT2D eigenvalue weighted by atomic mass is 35.5. The number of rotatable bonds is 3. The van der Waals surface area contributed by atoms with Crippen LogP contribution in [0.4, 0.5) is 0 Å². The number of alkyl halides is 1. The lowest BCUT2D eigenvalue weighted by atomic mass is 10.1. The van der Waals surface area contributed by atoms with E-state index in [1.54, 1.807) is 11.3 Å². The molecule has 2 heterocycles. The van der Waals surface area contributed by atoms with Gasteiger partial charge in [0.2, 0.25) is 0 Å². The number of thiophene rings is 1. The standard InChI is InChI=1S/C14H10Cl2N2S2/c1-8-7-19-12(10(8)15)14-18-17-13(20-14)11(16)9-5-3-2-4-6-9/h2-7,11H,1H3. The molecular weight excluding hydrogens is 331 g/mol. The van der Waals surface area contributed by atoms with Gasteiger partial charge in [-0.05, 0) is 23.4 Å². The first-order valence-corrected chi connectivity index (χ1v) is 8.44. The summed E-state index contributed by atoms with van der Waals surface area (Å²) in [6.45, 7) is 1.98. The minimum atomic E-state index is -0.276. The Hall–Kier alpha value is -0.940. The molecule has 0 spiro atoms. The summed E-state index contributed by atoms with van der Waals surface area (Å²) in [5.74, 6) is 0. The maximum absolute atomic E-state index is 6.46. The summed E-state index contributed by atoms with van der Waals surface area (Å²) in [4.78, 5) is 0.963. The van der Waals surface area contributed by atoms with E-state index in [1.807, 2.05) is 42.6 Å². The Morgan fingerprint density at radius 3 is 2.55 bits per heavy atom. The van der Waals surface area contributed by atoms with Gasteiger partial charge in [0.1, 0.15) is 10.4 Å². The Balaban J connectivity index is 1.93. The largest absolute Gasteiger partial charge is 0.159 e. The summed E-state index contributed by atoms with van der Waals surface area (Å²) in [7, 11) is 0. The van der Waals surface area contributed by atoms with Crippen LogP contribution in [0.15, 0.2) is 35.7 Å². The summed E-state index contributed by atoms with van der Waals surface area (Å²) in [5.41, 5.74) is 2.08. The van der Waals surface area contributed by atoms with Crippen molar-refractivity contribution < 1.29 is 0 Å². The van der Waals surface area contributed by atoms with Crippen molar-refractivity contribution in [1.82, 2.24) is 10.2 Å². The fourth-order valence-corrected chi connectivity index (χ4v) is 4.37. The Morgan fingerprint density at radius 1 is 1.15 bits per heavy atom. The molecule has 0 fully saturated rings. The van der Waals surface area contributed by atoms with E-state index in [-0.39, 0.29) is 5.38 Å². The zero-order valence-electron chi connectivity index (χ0n) is 10.5. The summed E-state index contributed by atoms with van der Waals surface area (Å²) in [6, 6.07) is 9.87. The maximum atomic E-state index is 6.46. The number of hydrogen-bond donors (Lipinski definition) is 0. The molecule has 0 bridgehead atoms. The van der Waals surface area contributed by atoms with Crippen LogP contribution in [0, 0.1) is 6.92 Å². The molecule has 0 N–H and O–H groups in total. The van der Waals surface area contributed by atoms with E-state index in [0.717, 1.165) is 31.0 Å². The SMILES string of the molecule is Cc1csc(-c2nnc(C(Cl)c3ccccc3)s2)c1Cl. The molecule has 0 aliphatic rings. The molecule has 20 heavy (non-hydrogen) atoms. The molecular formula is C14H10Cl2N2S2. The lowest BCUT2D eigenvalue weighted by Crippen LogP contribution is -1.91. The molecule has 6 heteroatoms. The number of nitrogens with zero attached hydrogens (tertiary/aromatic N) is 2. The zero-order chi connectivity index (χ0) is 14.1. The first-order valence-electron chi connectivity index (χ1n) is 5.93. The molecule has 1 atom stereocenters. The van der Waals surface area contributed by atoms with Gasteiger partial charge in [0.05, 0.1) is 9.90 Å². The third kappa shape index (κ3) is 2.61. The Labute approximate surface area is 135 Å². The summed E-state index contributed by atoms with van der Waals surface area (Å²) in [5, 5.41) is 12.5.